The van der Waals surface area contributed by atoms with Crippen LogP contribution in [0.3, 0.4) is 0 Å². The molecule has 1 atom stereocenters. The van der Waals surface area contributed by atoms with E-state index in [0.717, 1.165) is 19.4 Å². The molecule has 2 aromatic rings. The maximum atomic E-state index is 11.6. The maximum absolute atomic E-state index is 11.6. The third kappa shape index (κ3) is 2.26. The molecule has 0 aliphatic heterocycles. The van der Waals surface area contributed by atoms with Gasteiger partial charge in [0.2, 0.25) is 0 Å². The van der Waals surface area contributed by atoms with Gasteiger partial charge in [0.05, 0.1) is 25.8 Å². The van der Waals surface area contributed by atoms with E-state index in [1.54, 1.807) is 0 Å². The van der Waals surface area contributed by atoms with Gasteiger partial charge >= 0.3 is 5.97 Å². The fourth-order valence-corrected chi connectivity index (χ4v) is 2.65. The van der Waals surface area contributed by atoms with Crippen LogP contribution in [0, 0.1) is 5.92 Å². The molecule has 0 spiro atoms. The first kappa shape index (κ1) is 12.0. The molecule has 1 aliphatic carbocycles. The first-order valence-electron chi connectivity index (χ1n) is 6.43. The SMILES string of the molecule is COC(=O)[C@H]1Cc2cnn(Cc3ccccc3)c2C1. The van der Waals surface area contributed by atoms with E-state index in [1.807, 2.05) is 29.1 Å². The summed E-state index contributed by atoms with van der Waals surface area (Å²) >= 11 is 0. The normalized spacial score (nSPS) is 17.2. The number of hydrogen-bond acceptors (Lipinski definition) is 3. The van der Waals surface area contributed by atoms with Crippen molar-refractivity contribution in [1.82, 2.24) is 9.78 Å². The van der Waals surface area contributed by atoms with Gasteiger partial charge in [-0.1, -0.05) is 30.3 Å². The van der Waals surface area contributed by atoms with Gasteiger partial charge in [0, 0.05) is 12.1 Å². The Balaban J connectivity index is 1.79. The number of ether oxygens (including phenoxy) is 1. The van der Waals surface area contributed by atoms with Crippen LogP contribution >= 0.6 is 0 Å². The monoisotopic (exact) mass is 256 g/mol. The first-order valence-corrected chi connectivity index (χ1v) is 6.43. The van der Waals surface area contributed by atoms with Gasteiger partial charge in [-0.3, -0.25) is 9.48 Å². The molecule has 4 heteroatoms. The molecule has 0 saturated heterocycles. The molecule has 1 aromatic carbocycles. The van der Waals surface area contributed by atoms with Crippen molar-refractivity contribution in [2.75, 3.05) is 7.11 Å². The highest BCUT2D eigenvalue weighted by Gasteiger charge is 2.31. The van der Waals surface area contributed by atoms with Crippen molar-refractivity contribution in [3.05, 3.63) is 53.3 Å². The summed E-state index contributed by atoms with van der Waals surface area (Å²) in [5.41, 5.74) is 3.56. The summed E-state index contributed by atoms with van der Waals surface area (Å²) < 4.78 is 6.82. The summed E-state index contributed by atoms with van der Waals surface area (Å²) in [7, 11) is 1.45. The fraction of sp³-hybridized carbons (Fsp3) is 0.333. The maximum Gasteiger partial charge on any atom is 0.309 e. The van der Waals surface area contributed by atoms with Crippen LogP contribution in [0.5, 0.6) is 0 Å². The van der Waals surface area contributed by atoms with Gasteiger partial charge in [-0.15, -0.1) is 0 Å². The lowest BCUT2D eigenvalue weighted by atomic mass is 10.1. The van der Waals surface area contributed by atoms with E-state index in [-0.39, 0.29) is 11.9 Å². The molecule has 3 rings (SSSR count). The Bertz CT molecular complexity index is 589. The standard InChI is InChI=1S/C15H16N2O2/c1-19-15(18)12-7-13-9-16-17(14(13)8-12)10-11-5-3-2-4-6-11/h2-6,9,12H,7-8,10H2,1H3/t12-/m0/s1. The van der Waals surface area contributed by atoms with Crippen LogP contribution in [0.15, 0.2) is 36.5 Å². The van der Waals surface area contributed by atoms with E-state index in [2.05, 4.69) is 17.2 Å². The van der Waals surface area contributed by atoms with Crippen molar-refractivity contribution in [2.45, 2.75) is 19.4 Å². The van der Waals surface area contributed by atoms with Crippen LogP contribution in [-0.4, -0.2) is 22.9 Å². The lowest BCUT2D eigenvalue weighted by Gasteiger charge is -2.08. The van der Waals surface area contributed by atoms with Gasteiger partial charge < -0.3 is 4.74 Å². The minimum absolute atomic E-state index is 0.0416. The molecule has 4 nitrogen and oxygen atoms in total. The zero-order chi connectivity index (χ0) is 13.2. The molecular weight excluding hydrogens is 240 g/mol. The topological polar surface area (TPSA) is 44.1 Å². The van der Waals surface area contributed by atoms with E-state index >= 15 is 0 Å². The quantitative estimate of drug-likeness (QED) is 0.787. The molecule has 0 N–H and O–H groups in total. The number of carbonyl (C=O) groups is 1. The number of esters is 1. The Morgan fingerprint density at radius 1 is 1.37 bits per heavy atom. The van der Waals surface area contributed by atoms with Crippen LogP contribution in [0.1, 0.15) is 16.8 Å². The summed E-state index contributed by atoms with van der Waals surface area (Å²) in [6, 6.07) is 10.2. The average molecular weight is 256 g/mol. The van der Waals surface area contributed by atoms with E-state index < -0.39 is 0 Å². The summed E-state index contributed by atoms with van der Waals surface area (Å²) in [5, 5.41) is 4.42. The van der Waals surface area contributed by atoms with Crippen LogP contribution in [0.4, 0.5) is 0 Å². The summed E-state index contributed by atoms with van der Waals surface area (Å²) in [4.78, 5) is 11.6. The predicted octanol–water partition coefficient (Wildman–Crippen LogP) is 1.82. The number of hydrogen-bond donors (Lipinski definition) is 0. The second-order valence-corrected chi connectivity index (χ2v) is 4.89. The molecule has 0 unspecified atom stereocenters. The third-order valence-electron chi connectivity index (χ3n) is 3.65. The van der Waals surface area contributed by atoms with Gasteiger partial charge in [0.25, 0.3) is 0 Å². The van der Waals surface area contributed by atoms with Crippen LogP contribution in [0.2, 0.25) is 0 Å². The number of nitrogens with zero attached hydrogens (tertiary/aromatic N) is 2. The molecule has 0 radical (unpaired) electrons. The number of benzene rings is 1. The molecule has 0 amide bonds. The molecule has 1 aromatic heterocycles. The van der Waals surface area contributed by atoms with Crippen LogP contribution < -0.4 is 0 Å². The Labute approximate surface area is 112 Å². The van der Waals surface area contributed by atoms with E-state index in [4.69, 9.17) is 4.74 Å². The molecule has 0 fully saturated rings. The molecule has 0 saturated carbocycles. The van der Waals surface area contributed by atoms with Crippen molar-refractivity contribution in [3.8, 4) is 0 Å². The second kappa shape index (κ2) is 4.88. The van der Waals surface area contributed by atoms with Crippen molar-refractivity contribution in [3.63, 3.8) is 0 Å². The van der Waals surface area contributed by atoms with Crippen molar-refractivity contribution < 1.29 is 9.53 Å². The molecule has 1 heterocycles. The number of fused-ring (bicyclic) bond motifs is 1. The largest absolute Gasteiger partial charge is 0.469 e. The second-order valence-electron chi connectivity index (χ2n) is 4.89. The predicted molar refractivity (Wildman–Crippen MR) is 70.7 cm³/mol. The smallest absolute Gasteiger partial charge is 0.309 e. The van der Waals surface area contributed by atoms with Crippen LogP contribution in [0.25, 0.3) is 0 Å². The highest BCUT2D eigenvalue weighted by atomic mass is 16.5. The highest BCUT2D eigenvalue weighted by molar-refractivity contribution is 5.74. The Morgan fingerprint density at radius 3 is 2.89 bits per heavy atom. The number of carbonyl (C=O) groups excluding carboxylic acids is 1. The molecule has 1 aliphatic rings. The number of methoxy groups -OCH3 is 1. The number of aromatic nitrogens is 2. The fourth-order valence-electron chi connectivity index (χ4n) is 2.65. The summed E-state index contributed by atoms with van der Waals surface area (Å²) in [6.45, 7) is 0.754. The zero-order valence-electron chi connectivity index (χ0n) is 10.9. The van der Waals surface area contributed by atoms with Crippen LogP contribution in [-0.2, 0) is 28.9 Å². The summed E-state index contributed by atoms with van der Waals surface area (Å²) in [5.74, 6) is -0.164. The third-order valence-corrected chi connectivity index (χ3v) is 3.65. The summed E-state index contributed by atoms with van der Waals surface area (Å²) in [6.07, 6.45) is 3.35. The van der Waals surface area contributed by atoms with Gasteiger partial charge in [-0.25, -0.2) is 0 Å². The van der Waals surface area contributed by atoms with Gasteiger partial charge in [-0.05, 0) is 17.5 Å². The average Bonchev–Trinajstić information content (AvgIpc) is 3.01. The van der Waals surface area contributed by atoms with Crippen molar-refractivity contribution in [2.24, 2.45) is 5.92 Å². The first-order chi connectivity index (χ1) is 9.28. The molecule has 19 heavy (non-hydrogen) atoms. The van der Waals surface area contributed by atoms with E-state index in [1.165, 1.54) is 23.9 Å². The lowest BCUT2D eigenvalue weighted by molar-refractivity contribution is -0.145. The van der Waals surface area contributed by atoms with Crippen molar-refractivity contribution in [1.29, 1.82) is 0 Å². The Morgan fingerprint density at radius 2 is 2.16 bits per heavy atom. The Kier molecular flexibility index (Phi) is 3.07. The highest BCUT2D eigenvalue weighted by Crippen LogP contribution is 2.27. The van der Waals surface area contributed by atoms with E-state index in [0.29, 0.717) is 0 Å². The van der Waals surface area contributed by atoms with E-state index in [9.17, 15) is 4.79 Å². The van der Waals surface area contributed by atoms with Gasteiger partial charge in [-0.2, -0.15) is 5.10 Å². The minimum atomic E-state index is -0.123. The van der Waals surface area contributed by atoms with Crippen molar-refractivity contribution >= 4 is 5.97 Å². The molecule has 0 bridgehead atoms. The zero-order valence-corrected chi connectivity index (χ0v) is 10.9. The minimum Gasteiger partial charge on any atom is -0.469 e. The molecule has 98 valence electrons. The van der Waals surface area contributed by atoms with Gasteiger partial charge in [0.1, 0.15) is 0 Å². The lowest BCUT2D eigenvalue weighted by Crippen LogP contribution is -2.17. The molecular formula is C15H16N2O2. The van der Waals surface area contributed by atoms with Gasteiger partial charge in [0.15, 0.2) is 0 Å². The number of rotatable bonds is 3. The Hall–Kier alpha value is -2.10.